The lowest BCUT2D eigenvalue weighted by molar-refractivity contribution is -0.127. The minimum atomic E-state index is -0.277. The highest BCUT2D eigenvalue weighted by molar-refractivity contribution is 5.91. The molecule has 0 aliphatic carbocycles. The Kier molecular flexibility index (Phi) is 7.22. The summed E-state index contributed by atoms with van der Waals surface area (Å²) in [5, 5.41) is 0.951. The lowest BCUT2D eigenvalue weighted by Gasteiger charge is -2.45. The first-order valence-electron chi connectivity index (χ1n) is 14.6. The van der Waals surface area contributed by atoms with Gasteiger partial charge in [0, 0.05) is 55.4 Å². The van der Waals surface area contributed by atoms with Gasteiger partial charge in [-0.15, -0.1) is 0 Å². The Hall–Kier alpha value is -4.25. The third-order valence-electron chi connectivity index (χ3n) is 8.69. The van der Waals surface area contributed by atoms with Crippen LogP contribution in [0.5, 0.6) is 6.01 Å². The van der Waals surface area contributed by atoms with E-state index in [1.807, 2.05) is 62.8 Å². The van der Waals surface area contributed by atoms with E-state index in [4.69, 9.17) is 14.7 Å². The number of ether oxygens (including phenoxy) is 1. The minimum absolute atomic E-state index is 0.0906. The summed E-state index contributed by atoms with van der Waals surface area (Å²) in [6.07, 6.45) is 5.46. The molecule has 0 bridgehead atoms. The summed E-state index contributed by atoms with van der Waals surface area (Å²) >= 11 is 0. The normalized spacial score (nSPS) is 21.4. The number of fused-ring (bicyclic) bond motifs is 2. The van der Waals surface area contributed by atoms with Crippen LogP contribution in [0.1, 0.15) is 32.5 Å². The van der Waals surface area contributed by atoms with Crippen LogP contribution in [-0.4, -0.2) is 91.2 Å². The van der Waals surface area contributed by atoms with Crippen molar-refractivity contribution in [1.82, 2.24) is 33.9 Å². The lowest BCUT2D eigenvalue weighted by Crippen LogP contribution is -2.58. The van der Waals surface area contributed by atoms with Crippen LogP contribution in [0.25, 0.3) is 27.6 Å². The van der Waals surface area contributed by atoms with Gasteiger partial charge in [-0.1, -0.05) is 24.8 Å². The number of rotatable bonds is 6. The van der Waals surface area contributed by atoms with Crippen LogP contribution in [0.2, 0.25) is 0 Å². The maximum atomic E-state index is 14.3. The molecule has 42 heavy (non-hydrogen) atoms. The third-order valence-corrected chi connectivity index (χ3v) is 8.69. The number of benzene rings is 1. The number of hydrogen-bond acceptors (Lipinski definition) is 8. The van der Waals surface area contributed by atoms with Crippen molar-refractivity contribution in [2.45, 2.75) is 51.7 Å². The van der Waals surface area contributed by atoms with Gasteiger partial charge in [0.2, 0.25) is 5.91 Å². The number of hydrogen-bond donors (Lipinski definition) is 0. The number of aryl methyl sites for hydroxylation is 2. The summed E-state index contributed by atoms with van der Waals surface area (Å²) in [4.78, 5) is 47.5. The molecule has 3 aromatic heterocycles. The van der Waals surface area contributed by atoms with E-state index in [1.165, 1.54) is 6.08 Å². The van der Waals surface area contributed by atoms with Crippen molar-refractivity contribution in [2.75, 3.05) is 38.2 Å². The molecule has 1 amide bonds. The molecule has 0 spiro atoms. The third kappa shape index (κ3) is 4.71. The predicted octanol–water partition coefficient (Wildman–Crippen LogP) is 3.06. The van der Waals surface area contributed by atoms with Crippen molar-refractivity contribution in [3.63, 3.8) is 0 Å². The number of nitrogens with zero attached hydrogens (tertiary/aromatic N) is 8. The van der Waals surface area contributed by atoms with Gasteiger partial charge >= 0.3 is 6.01 Å². The first kappa shape index (κ1) is 27.9. The van der Waals surface area contributed by atoms with Crippen LogP contribution in [-0.2, 0) is 11.8 Å². The van der Waals surface area contributed by atoms with Gasteiger partial charge in [-0.25, -0.2) is 4.98 Å². The van der Waals surface area contributed by atoms with Crippen molar-refractivity contribution in [3.8, 4) is 11.7 Å². The predicted molar refractivity (Wildman–Crippen MR) is 163 cm³/mol. The van der Waals surface area contributed by atoms with Crippen molar-refractivity contribution in [1.29, 1.82) is 0 Å². The molecule has 220 valence electrons. The second-order valence-corrected chi connectivity index (χ2v) is 11.6. The lowest BCUT2D eigenvalue weighted by atomic mass is 10.1. The van der Waals surface area contributed by atoms with Crippen molar-refractivity contribution in [3.05, 3.63) is 59.3 Å². The van der Waals surface area contributed by atoms with Gasteiger partial charge in [-0.3, -0.25) is 14.2 Å². The number of anilines is 1. The van der Waals surface area contributed by atoms with Gasteiger partial charge < -0.3 is 24.0 Å². The van der Waals surface area contributed by atoms with Crippen LogP contribution in [0.4, 0.5) is 5.82 Å². The van der Waals surface area contributed by atoms with E-state index in [-0.39, 0.29) is 41.1 Å². The Labute approximate surface area is 245 Å². The van der Waals surface area contributed by atoms with Gasteiger partial charge in [-0.2, -0.15) is 9.97 Å². The maximum Gasteiger partial charge on any atom is 0.319 e. The molecule has 0 unspecified atom stereocenters. The van der Waals surface area contributed by atoms with Crippen LogP contribution in [0.15, 0.2) is 47.9 Å². The number of carbonyl (C=O) groups is 1. The molecule has 0 N–H and O–H groups in total. The van der Waals surface area contributed by atoms with Gasteiger partial charge in [0.15, 0.2) is 11.3 Å². The summed E-state index contributed by atoms with van der Waals surface area (Å²) in [5.41, 5.74) is 2.13. The molecule has 0 saturated carbocycles. The van der Waals surface area contributed by atoms with E-state index in [9.17, 15) is 9.59 Å². The molecule has 5 heterocycles. The second kappa shape index (κ2) is 10.9. The molecule has 2 fully saturated rings. The summed E-state index contributed by atoms with van der Waals surface area (Å²) in [7, 11) is 4.06. The molecule has 11 nitrogen and oxygen atoms in total. The Morgan fingerprint density at radius 1 is 1.10 bits per heavy atom. The van der Waals surface area contributed by atoms with Gasteiger partial charge in [0.05, 0.1) is 5.69 Å². The van der Waals surface area contributed by atoms with Crippen molar-refractivity contribution >= 4 is 33.7 Å². The van der Waals surface area contributed by atoms with Gasteiger partial charge in [-0.05, 0) is 59.3 Å². The highest BCUT2D eigenvalue weighted by Crippen LogP contribution is 2.31. The standard InChI is InChI=1S/C31H38N8O3/c1-7-26(40)37-15-19(2)38(20(3)16-37)29-27-28(33-31(34-29)42-18-22-11-10-14-35(22)5)30(41)39(21(4)32-27)25-17-36(6)24-13-9-8-12-23(24)25/h7-9,12-13,17,19-20,22H,1,10-11,14-16,18H2,2-6H3/t19-,20-,22-/m0/s1. The minimum Gasteiger partial charge on any atom is -0.462 e. The number of likely N-dealkylation sites (N-methyl/N-ethyl adjacent to an activating group) is 1. The average Bonchev–Trinajstić information content (AvgIpc) is 3.53. The first-order valence-corrected chi connectivity index (χ1v) is 14.6. The maximum absolute atomic E-state index is 14.3. The Morgan fingerprint density at radius 3 is 2.52 bits per heavy atom. The Bertz CT molecular complexity index is 1730. The van der Waals surface area contributed by atoms with E-state index >= 15 is 0 Å². The van der Waals surface area contributed by atoms with Gasteiger partial charge in [0.25, 0.3) is 5.56 Å². The van der Waals surface area contributed by atoms with Crippen molar-refractivity contribution in [2.24, 2.45) is 7.05 Å². The largest absolute Gasteiger partial charge is 0.462 e. The SMILES string of the molecule is C=CC(=O)N1C[C@H](C)N(c2nc(OC[C@@H]3CCCN3C)nc3c(=O)n(-c4cn(C)c5ccccc45)c(C)nc23)[C@@H](C)C1. The molecule has 6 rings (SSSR count). The van der Waals surface area contributed by atoms with Gasteiger partial charge in [0.1, 0.15) is 17.9 Å². The molecule has 0 radical (unpaired) electrons. The topological polar surface area (TPSA) is 102 Å². The van der Waals surface area contributed by atoms with Crippen LogP contribution in [0, 0.1) is 6.92 Å². The van der Waals surface area contributed by atoms with Crippen LogP contribution in [0.3, 0.4) is 0 Å². The Morgan fingerprint density at radius 2 is 1.83 bits per heavy atom. The number of aromatic nitrogens is 5. The summed E-state index contributed by atoms with van der Waals surface area (Å²) in [6.45, 7) is 12.0. The fraction of sp³-hybridized carbons (Fsp3) is 0.452. The van der Waals surface area contributed by atoms with E-state index in [2.05, 4.69) is 28.4 Å². The van der Waals surface area contributed by atoms with E-state index < -0.39 is 0 Å². The molecular weight excluding hydrogens is 532 g/mol. The quantitative estimate of drug-likeness (QED) is 0.326. The molecular formula is C31H38N8O3. The summed E-state index contributed by atoms with van der Waals surface area (Å²) in [5.74, 6) is 0.985. The van der Waals surface area contributed by atoms with Crippen LogP contribution >= 0.6 is 0 Å². The molecule has 4 aromatic rings. The number of amides is 1. The number of para-hydroxylation sites is 1. The smallest absolute Gasteiger partial charge is 0.319 e. The highest BCUT2D eigenvalue weighted by atomic mass is 16.5. The first-order chi connectivity index (χ1) is 20.2. The molecule has 3 atom stereocenters. The second-order valence-electron chi connectivity index (χ2n) is 11.6. The van der Waals surface area contributed by atoms with Crippen LogP contribution < -0.4 is 15.2 Å². The number of piperazine rings is 1. The fourth-order valence-electron chi connectivity index (χ4n) is 6.58. The molecule has 1 aromatic carbocycles. The van der Waals surface area contributed by atoms with Crippen molar-refractivity contribution < 1.29 is 9.53 Å². The Balaban J connectivity index is 1.51. The number of likely N-dealkylation sites (tertiary alicyclic amines) is 1. The van der Waals surface area contributed by atoms with E-state index in [0.717, 1.165) is 36.0 Å². The van der Waals surface area contributed by atoms with E-state index in [0.29, 0.717) is 36.9 Å². The summed E-state index contributed by atoms with van der Waals surface area (Å²) in [6, 6.07) is 8.23. The zero-order chi connectivity index (χ0) is 29.7. The zero-order valence-corrected chi connectivity index (χ0v) is 24.9. The molecule has 2 aliphatic heterocycles. The highest BCUT2D eigenvalue weighted by Gasteiger charge is 2.35. The molecule has 2 saturated heterocycles. The summed E-state index contributed by atoms with van der Waals surface area (Å²) < 4.78 is 9.84. The fourth-order valence-corrected chi connectivity index (χ4v) is 6.58. The monoisotopic (exact) mass is 570 g/mol. The van der Waals surface area contributed by atoms with E-state index in [1.54, 1.807) is 9.47 Å². The average molecular weight is 571 g/mol. The number of carbonyl (C=O) groups excluding carboxylic acids is 1. The zero-order valence-electron chi connectivity index (χ0n) is 24.9. The molecule has 11 heteroatoms. The molecule has 2 aliphatic rings.